The smallest absolute Gasteiger partial charge is 0.122 e. The van der Waals surface area contributed by atoms with Crippen LogP contribution in [0.3, 0.4) is 0 Å². The number of piperidine rings is 1. The molecule has 0 aromatic carbocycles. The van der Waals surface area contributed by atoms with Gasteiger partial charge in [0.15, 0.2) is 0 Å². The van der Waals surface area contributed by atoms with Gasteiger partial charge in [-0.2, -0.15) is 0 Å². The van der Waals surface area contributed by atoms with Crippen molar-refractivity contribution in [3.63, 3.8) is 0 Å². The van der Waals surface area contributed by atoms with Crippen LogP contribution in [0.5, 0.6) is 0 Å². The zero-order valence-corrected chi connectivity index (χ0v) is 12.5. The van der Waals surface area contributed by atoms with Gasteiger partial charge < -0.3 is 10.6 Å². The highest BCUT2D eigenvalue weighted by Gasteiger charge is 2.21. The van der Waals surface area contributed by atoms with Gasteiger partial charge in [0.05, 0.1) is 5.69 Å². The molecule has 5 heteroatoms. The standard InChI is InChI=1S/C14H22N4S/c1-17-7-3-4-12(10-17)18(2)9-11-5-6-16-13(8-11)14(15)19/h5-6,8,12H,3-4,7,9-10H2,1-2H3,(H2,15,19). The summed E-state index contributed by atoms with van der Waals surface area (Å²) in [6, 6.07) is 4.65. The summed E-state index contributed by atoms with van der Waals surface area (Å²) in [6.07, 6.45) is 4.33. The molecule has 1 saturated heterocycles. The van der Waals surface area contributed by atoms with Crippen molar-refractivity contribution in [2.75, 3.05) is 27.2 Å². The van der Waals surface area contributed by atoms with E-state index in [1.165, 1.54) is 24.9 Å². The number of rotatable bonds is 4. The molecule has 4 nitrogen and oxygen atoms in total. The predicted molar refractivity (Wildman–Crippen MR) is 82.1 cm³/mol. The molecule has 0 radical (unpaired) electrons. The first kappa shape index (κ1) is 14.4. The Bertz CT molecular complexity index is 449. The minimum absolute atomic E-state index is 0.363. The molecule has 1 unspecified atom stereocenters. The highest BCUT2D eigenvalue weighted by Crippen LogP contribution is 2.16. The Balaban J connectivity index is 1.99. The fourth-order valence-corrected chi connectivity index (χ4v) is 2.74. The number of likely N-dealkylation sites (tertiary alicyclic amines) is 1. The Kier molecular flexibility index (Phi) is 4.85. The Morgan fingerprint density at radius 3 is 3.11 bits per heavy atom. The van der Waals surface area contributed by atoms with Gasteiger partial charge in [0.2, 0.25) is 0 Å². The molecule has 1 aliphatic heterocycles. The van der Waals surface area contributed by atoms with E-state index in [0.717, 1.165) is 13.1 Å². The molecule has 2 heterocycles. The number of aromatic nitrogens is 1. The number of hydrogen-bond acceptors (Lipinski definition) is 4. The number of nitrogens with two attached hydrogens (primary N) is 1. The molecular formula is C14H22N4S. The molecule has 1 aromatic rings. The molecule has 1 aromatic heterocycles. The van der Waals surface area contributed by atoms with Crippen LogP contribution in [0.25, 0.3) is 0 Å². The first-order chi connectivity index (χ1) is 9.06. The van der Waals surface area contributed by atoms with Crippen molar-refractivity contribution in [1.82, 2.24) is 14.8 Å². The first-order valence-electron chi connectivity index (χ1n) is 6.70. The van der Waals surface area contributed by atoms with Crippen LogP contribution in [0.1, 0.15) is 24.1 Å². The maximum absolute atomic E-state index is 5.62. The average molecular weight is 278 g/mol. The second-order valence-corrected chi connectivity index (χ2v) is 5.83. The summed E-state index contributed by atoms with van der Waals surface area (Å²) >= 11 is 4.97. The Morgan fingerprint density at radius 2 is 2.42 bits per heavy atom. The van der Waals surface area contributed by atoms with Gasteiger partial charge in [-0.3, -0.25) is 9.88 Å². The fourth-order valence-electron chi connectivity index (χ4n) is 2.62. The molecule has 0 bridgehead atoms. The lowest BCUT2D eigenvalue weighted by Gasteiger charge is -2.35. The molecule has 2 N–H and O–H groups in total. The van der Waals surface area contributed by atoms with E-state index in [4.69, 9.17) is 18.0 Å². The third kappa shape index (κ3) is 3.96. The summed E-state index contributed by atoms with van der Waals surface area (Å²) in [6.45, 7) is 3.27. The molecule has 0 spiro atoms. The van der Waals surface area contributed by atoms with Gasteiger partial charge in [0.1, 0.15) is 4.99 Å². The van der Waals surface area contributed by atoms with E-state index in [1.54, 1.807) is 6.20 Å². The summed E-state index contributed by atoms with van der Waals surface area (Å²) in [7, 11) is 4.38. The lowest BCUT2D eigenvalue weighted by atomic mass is 10.0. The van der Waals surface area contributed by atoms with Crippen LogP contribution < -0.4 is 5.73 Å². The number of nitrogens with zero attached hydrogens (tertiary/aromatic N) is 3. The minimum atomic E-state index is 0.363. The van der Waals surface area contributed by atoms with Crippen molar-refractivity contribution < 1.29 is 0 Å². The van der Waals surface area contributed by atoms with Crippen molar-refractivity contribution in [3.8, 4) is 0 Å². The van der Waals surface area contributed by atoms with Crippen LogP contribution in [0, 0.1) is 0 Å². The lowest BCUT2D eigenvalue weighted by molar-refractivity contribution is 0.129. The van der Waals surface area contributed by atoms with Gasteiger partial charge in [-0.05, 0) is 51.2 Å². The van der Waals surface area contributed by atoms with Gasteiger partial charge in [0, 0.05) is 25.3 Å². The summed E-state index contributed by atoms with van der Waals surface area (Å²) in [5.41, 5.74) is 7.55. The minimum Gasteiger partial charge on any atom is -0.388 e. The van der Waals surface area contributed by atoms with Crippen LogP contribution in [-0.2, 0) is 6.54 Å². The van der Waals surface area contributed by atoms with E-state index in [1.807, 2.05) is 12.1 Å². The Morgan fingerprint density at radius 1 is 1.63 bits per heavy atom. The summed E-state index contributed by atoms with van der Waals surface area (Å²) < 4.78 is 0. The molecule has 1 fully saturated rings. The van der Waals surface area contributed by atoms with Gasteiger partial charge in [-0.1, -0.05) is 12.2 Å². The van der Waals surface area contributed by atoms with E-state index in [9.17, 15) is 0 Å². The van der Waals surface area contributed by atoms with Crippen LogP contribution in [0.15, 0.2) is 18.3 Å². The highest BCUT2D eigenvalue weighted by molar-refractivity contribution is 7.80. The lowest BCUT2D eigenvalue weighted by Crippen LogP contribution is -2.44. The maximum Gasteiger partial charge on any atom is 0.122 e. The van der Waals surface area contributed by atoms with E-state index in [-0.39, 0.29) is 0 Å². The maximum atomic E-state index is 5.62. The highest BCUT2D eigenvalue weighted by atomic mass is 32.1. The molecule has 0 saturated carbocycles. The van der Waals surface area contributed by atoms with Crippen LogP contribution >= 0.6 is 12.2 Å². The van der Waals surface area contributed by atoms with Gasteiger partial charge in [-0.25, -0.2) is 0 Å². The number of hydrogen-bond donors (Lipinski definition) is 1. The van der Waals surface area contributed by atoms with Crippen molar-refractivity contribution in [2.24, 2.45) is 5.73 Å². The summed E-state index contributed by atoms with van der Waals surface area (Å²) in [5, 5.41) is 0. The van der Waals surface area contributed by atoms with E-state index >= 15 is 0 Å². The van der Waals surface area contributed by atoms with E-state index in [0.29, 0.717) is 16.7 Å². The molecule has 1 aliphatic rings. The monoisotopic (exact) mass is 278 g/mol. The summed E-state index contributed by atoms with van der Waals surface area (Å²) in [4.78, 5) is 9.35. The zero-order chi connectivity index (χ0) is 13.8. The van der Waals surface area contributed by atoms with Gasteiger partial charge in [-0.15, -0.1) is 0 Å². The largest absolute Gasteiger partial charge is 0.388 e. The normalized spacial score (nSPS) is 20.7. The molecule has 0 aliphatic carbocycles. The molecule has 0 amide bonds. The topological polar surface area (TPSA) is 45.4 Å². The average Bonchev–Trinajstić information content (AvgIpc) is 2.39. The predicted octanol–water partition coefficient (Wildman–Crippen LogP) is 1.24. The second kappa shape index (κ2) is 6.41. The van der Waals surface area contributed by atoms with Crippen molar-refractivity contribution >= 4 is 17.2 Å². The summed E-state index contributed by atoms with van der Waals surface area (Å²) in [5.74, 6) is 0. The third-order valence-corrected chi connectivity index (χ3v) is 3.94. The molecule has 2 rings (SSSR count). The fraction of sp³-hybridized carbons (Fsp3) is 0.571. The number of likely N-dealkylation sites (N-methyl/N-ethyl adjacent to an activating group) is 2. The van der Waals surface area contributed by atoms with Crippen LogP contribution in [-0.4, -0.2) is 53.0 Å². The third-order valence-electron chi connectivity index (χ3n) is 3.73. The van der Waals surface area contributed by atoms with Crippen molar-refractivity contribution in [3.05, 3.63) is 29.6 Å². The number of thiocarbonyl (C=S) groups is 1. The number of pyridine rings is 1. The molecule has 104 valence electrons. The quantitative estimate of drug-likeness (QED) is 0.840. The van der Waals surface area contributed by atoms with E-state index < -0.39 is 0 Å². The van der Waals surface area contributed by atoms with Crippen LogP contribution in [0.2, 0.25) is 0 Å². The second-order valence-electron chi connectivity index (χ2n) is 5.39. The van der Waals surface area contributed by atoms with Gasteiger partial charge >= 0.3 is 0 Å². The van der Waals surface area contributed by atoms with Crippen molar-refractivity contribution in [2.45, 2.75) is 25.4 Å². The Labute approximate surface area is 120 Å². The molecule has 1 atom stereocenters. The SMILES string of the molecule is CN1CCCC(N(C)Cc2ccnc(C(N)=S)c2)C1. The van der Waals surface area contributed by atoms with Crippen molar-refractivity contribution in [1.29, 1.82) is 0 Å². The first-order valence-corrected chi connectivity index (χ1v) is 7.10. The Hall–Kier alpha value is -1.04. The van der Waals surface area contributed by atoms with Gasteiger partial charge in [0.25, 0.3) is 0 Å². The van der Waals surface area contributed by atoms with E-state index in [2.05, 4.69) is 28.9 Å². The molecule has 19 heavy (non-hydrogen) atoms. The zero-order valence-electron chi connectivity index (χ0n) is 11.7. The molecular weight excluding hydrogens is 256 g/mol. The van der Waals surface area contributed by atoms with Crippen LogP contribution in [0.4, 0.5) is 0 Å².